The van der Waals surface area contributed by atoms with Crippen LogP contribution in [0.25, 0.3) is 0 Å². The van der Waals surface area contributed by atoms with E-state index in [-0.39, 0.29) is 31.6 Å². The number of carbonyl (C=O) groups excluding carboxylic acids is 3. The summed E-state index contributed by atoms with van der Waals surface area (Å²) in [5, 5.41) is 10.2. The number of hydrogen-bond acceptors (Lipinski definition) is 6. The smallest absolute Gasteiger partial charge is 0.311 e. The summed E-state index contributed by atoms with van der Waals surface area (Å²) in [5.41, 5.74) is 0.670. The number of benzene rings is 1. The lowest BCUT2D eigenvalue weighted by atomic mass is 9.75. The molecule has 2 fully saturated rings. The van der Waals surface area contributed by atoms with Crippen molar-refractivity contribution in [2.45, 2.75) is 22.5 Å². The monoisotopic (exact) mass is 474 g/mol. The zero-order valence-corrected chi connectivity index (χ0v) is 19.0. The largest absolute Gasteiger partial charge is 0.461 e. The fourth-order valence-corrected chi connectivity index (χ4v) is 7.84. The quantitative estimate of drug-likeness (QED) is 0.533. The molecule has 32 heavy (non-hydrogen) atoms. The van der Waals surface area contributed by atoms with Crippen LogP contribution in [0, 0.1) is 11.8 Å². The first-order chi connectivity index (χ1) is 15.3. The third-order valence-corrected chi connectivity index (χ3v) is 8.84. The van der Waals surface area contributed by atoms with E-state index in [1.807, 2.05) is 25.2 Å². The van der Waals surface area contributed by atoms with E-state index < -0.39 is 33.3 Å². The van der Waals surface area contributed by atoms with Crippen molar-refractivity contribution in [1.82, 2.24) is 4.90 Å². The van der Waals surface area contributed by atoms with E-state index in [4.69, 9.17) is 16.3 Å². The van der Waals surface area contributed by atoms with Crippen LogP contribution >= 0.6 is 23.4 Å². The van der Waals surface area contributed by atoms with E-state index in [0.29, 0.717) is 17.3 Å². The number of aliphatic hydroxyl groups is 1. The molecule has 2 amide bonds. The van der Waals surface area contributed by atoms with E-state index in [2.05, 4.69) is 0 Å². The Kier molecular flexibility index (Phi) is 5.15. The van der Waals surface area contributed by atoms with Gasteiger partial charge in [-0.1, -0.05) is 29.8 Å². The minimum Gasteiger partial charge on any atom is -0.461 e. The summed E-state index contributed by atoms with van der Waals surface area (Å²) in [6.07, 6.45) is 7.56. The number of nitrogens with zero attached hydrogens (tertiary/aromatic N) is 2. The lowest BCUT2D eigenvalue weighted by Gasteiger charge is -2.36. The number of halogens is 1. The maximum atomic E-state index is 14.0. The Bertz CT molecular complexity index is 1040. The van der Waals surface area contributed by atoms with Crippen LogP contribution in [0.3, 0.4) is 0 Å². The van der Waals surface area contributed by atoms with Gasteiger partial charge in [0.15, 0.2) is 0 Å². The first-order valence-electron chi connectivity index (χ1n) is 10.5. The molecule has 1 N–H and O–H groups in total. The minimum atomic E-state index is -0.940. The van der Waals surface area contributed by atoms with Gasteiger partial charge in [-0.2, -0.15) is 0 Å². The van der Waals surface area contributed by atoms with Gasteiger partial charge in [0.25, 0.3) is 5.91 Å². The fraction of sp³-hybridized carbons (Fsp3) is 0.435. The topological polar surface area (TPSA) is 87.1 Å². The average Bonchev–Trinajstić information content (AvgIpc) is 3.00. The lowest BCUT2D eigenvalue weighted by molar-refractivity contribution is -0.152. The molecular weight excluding hydrogens is 452 g/mol. The summed E-state index contributed by atoms with van der Waals surface area (Å²) in [6, 6.07) is 6.12. The number of ether oxygens (including phenoxy) is 1. The molecule has 0 radical (unpaired) electrons. The molecule has 168 valence electrons. The fourth-order valence-electron chi connectivity index (χ4n) is 5.56. The van der Waals surface area contributed by atoms with Crippen LogP contribution in [0.15, 0.2) is 48.6 Å². The van der Waals surface area contributed by atoms with Gasteiger partial charge < -0.3 is 19.6 Å². The second-order valence-corrected chi connectivity index (χ2v) is 10.8. The number of rotatable bonds is 3. The summed E-state index contributed by atoms with van der Waals surface area (Å²) < 4.78 is 3.76. The molecule has 1 spiro atoms. The molecule has 2 saturated heterocycles. The Morgan fingerprint density at radius 1 is 1.12 bits per heavy atom. The number of anilines is 1. The Morgan fingerprint density at radius 3 is 2.59 bits per heavy atom. The maximum Gasteiger partial charge on any atom is 0.311 e. The van der Waals surface area contributed by atoms with Crippen molar-refractivity contribution in [3.05, 3.63) is 53.6 Å². The highest BCUT2D eigenvalue weighted by Gasteiger charge is 2.74. The van der Waals surface area contributed by atoms with E-state index in [1.54, 1.807) is 35.2 Å². The molecule has 1 unspecified atom stereocenters. The van der Waals surface area contributed by atoms with Crippen molar-refractivity contribution in [3.8, 4) is 0 Å². The van der Waals surface area contributed by atoms with Crippen LogP contribution in [0.4, 0.5) is 5.69 Å². The number of hydrogen-bond donors (Lipinski definition) is 1. The van der Waals surface area contributed by atoms with E-state index >= 15 is 0 Å². The third-order valence-electron chi connectivity index (χ3n) is 6.79. The molecule has 7 nitrogen and oxygen atoms in total. The number of amides is 2. The molecule has 0 bridgehead atoms. The summed E-state index contributed by atoms with van der Waals surface area (Å²) in [5.74, 6) is -2.44. The van der Waals surface area contributed by atoms with Crippen LogP contribution in [0.5, 0.6) is 0 Å². The standard InChI is InChI=1S/C23H23ClN2O5S/c1-22-8-3-13-31-21(30)17(22)16-19(28)26(11-12-27)18-20(29)25(10-2-9-23(16,18)32-22)15-6-4-14(24)5-7-15/h2-9,16-18,27H,10-13H2,1H3/t16-,17-,18?,22+,23-/m0/s1. The Labute approximate surface area is 195 Å². The molecule has 1 aromatic rings. The molecule has 0 aliphatic carbocycles. The predicted octanol–water partition coefficient (Wildman–Crippen LogP) is 2.04. The molecule has 1 aromatic carbocycles. The van der Waals surface area contributed by atoms with E-state index in [9.17, 15) is 19.5 Å². The van der Waals surface area contributed by atoms with Gasteiger partial charge in [0.1, 0.15) is 12.6 Å². The SMILES string of the molecule is C[C@@]12C=CCOC(=O)[C@@H]1[C@H]1C(=O)N(CCO)C3C(=O)N(c4ccc(Cl)cc4)CC=C[C@@]31S2. The van der Waals surface area contributed by atoms with Crippen LogP contribution in [0.2, 0.25) is 5.02 Å². The van der Waals surface area contributed by atoms with Crippen molar-refractivity contribution in [2.24, 2.45) is 11.8 Å². The summed E-state index contributed by atoms with van der Waals surface area (Å²) >= 11 is 7.50. The molecular formula is C23H23ClN2O5S. The molecule has 4 aliphatic rings. The number of thioether (sulfide) groups is 1. The molecule has 4 aliphatic heterocycles. The van der Waals surface area contributed by atoms with Gasteiger partial charge in [0, 0.05) is 28.5 Å². The number of cyclic esters (lactones) is 1. The van der Waals surface area contributed by atoms with Crippen LogP contribution in [0.1, 0.15) is 6.92 Å². The van der Waals surface area contributed by atoms with Crippen molar-refractivity contribution < 1.29 is 24.2 Å². The summed E-state index contributed by atoms with van der Waals surface area (Å²) in [6.45, 7) is 2.17. The predicted molar refractivity (Wildman–Crippen MR) is 121 cm³/mol. The number of carbonyl (C=O) groups is 3. The third kappa shape index (κ3) is 2.96. The number of aliphatic hydroxyl groups excluding tert-OH is 1. The zero-order valence-electron chi connectivity index (χ0n) is 17.4. The lowest BCUT2D eigenvalue weighted by Crippen LogP contribution is -2.54. The van der Waals surface area contributed by atoms with E-state index in [1.165, 1.54) is 16.7 Å². The van der Waals surface area contributed by atoms with Gasteiger partial charge in [0.05, 0.1) is 23.2 Å². The summed E-state index contributed by atoms with van der Waals surface area (Å²) in [4.78, 5) is 43.7. The second kappa shape index (κ2) is 7.64. The first kappa shape index (κ1) is 21.6. The zero-order chi connectivity index (χ0) is 22.7. The summed E-state index contributed by atoms with van der Waals surface area (Å²) in [7, 11) is 0. The van der Waals surface area contributed by atoms with Gasteiger partial charge in [-0.15, -0.1) is 11.8 Å². The highest BCUT2D eigenvalue weighted by molar-refractivity contribution is 8.02. The molecule has 0 aromatic heterocycles. The highest BCUT2D eigenvalue weighted by atomic mass is 35.5. The normalized spacial score (nSPS) is 35.8. The highest BCUT2D eigenvalue weighted by Crippen LogP contribution is 2.65. The van der Waals surface area contributed by atoms with Crippen molar-refractivity contribution >= 4 is 46.8 Å². The Morgan fingerprint density at radius 2 is 1.88 bits per heavy atom. The van der Waals surface area contributed by atoms with Crippen LogP contribution in [-0.4, -0.2) is 69.6 Å². The van der Waals surface area contributed by atoms with Crippen molar-refractivity contribution in [3.63, 3.8) is 0 Å². The van der Waals surface area contributed by atoms with Crippen molar-refractivity contribution in [2.75, 3.05) is 31.2 Å². The second-order valence-electron chi connectivity index (χ2n) is 8.61. The maximum absolute atomic E-state index is 14.0. The van der Waals surface area contributed by atoms with E-state index in [0.717, 1.165) is 0 Å². The molecule has 4 heterocycles. The Balaban J connectivity index is 1.64. The van der Waals surface area contributed by atoms with Gasteiger partial charge in [0.2, 0.25) is 5.91 Å². The number of fused-ring (bicyclic) bond motifs is 2. The minimum absolute atomic E-state index is 0.0185. The molecule has 0 saturated carbocycles. The number of likely N-dealkylation sites (tertiary alicyclic amines) is 1. The van der Waals surface area contributed by atoms with Crippen LogP contribution < -0.4 is 4.90 Å². The van der Waals surface area contributed by atoms with Crippen LogP contribution in [-0.2, 0) is 19.1 Å². The molecule has 5 atom stereocenters. The van der Waals surface area contributed by atoms with Gasteiger partial charge in [-0.05, 0) is 37.3 Å². The molecule has 5 rings (SSSR count). The molecule has 9 heteroatoms. The van der Waals surface area contributed by atoms with Crippen molar-refractivity contribution in [1.29, 1.82) is 0 Å². The first-order valence-corrected chi connectivity index (χ1v) is 11.7. The number of esters is 1. The van der Waals surface area contributed by atoms with Gasteiger partial charge in [-0.25, -0.2) is 0 Å². The van der Waals surface area contributed by atoms with Gasteiger partial charge in [-0.3, -0.25) is 14.4 Å². The number of β-amino-alcohol motifs (C(OH)–C–C–N with tert-alkyl or cyclic N) is 1. The Hall–Kier alpha value is -2.29. The average molecular weight is 475 g/mol. The van der Waals surface area contributed by atoms with Gasteiger partial charge >= 0.3 is 5.97 Å².